The highest BCUT2D eigenvalue weighted by molar-refractivity contribution is 7.09. The minimum absolute atomic E-state index is 0.208. The van der Waals surface area contributed by atoms with Gasteiger partial charge < -0.3 is 29.6 Å². The quantitative estimate of drug-likeness (QED) is 0.0995. The van der Waals surface area contributed by atoms with Crippen molar-refractivity contribution in [2.45, 2.75) is 38.0 Å². The summed E-state index contributed by atoms with van der Waals surface area (Å²) in [6, 6.07) is 13.6. The van der Waals surface area contributed by atoms with Gasteiger partial charge in [0.05, 0.1) is 46.1 Å². The summed E-state index contributed by atoms with van der Waals surface area (Å²) in [5, 5.41) is 5.49. The third kappa shape index (κ3) is 10.1. The van der Waals surface area contributed by atoms with Crippen LogP contribution in [0.2, 0.25) is 0 Å². The third-order valence-electron chi connectivity index (χ3n) is 6.56. The number of hydrogen-bond donors (Lipinski definition) is 2. The first-order valence-electron chi connectivity index (χ1n) is 13.9. The molecule has 0 saturated heterocycles. The largest absolute Gasteiger partial charge is 0.465 e. The first-order valence-corrected chi connectivity index (χ1v) is 15.6. The van der Waals surface area contributed by atoms with Gasteiger partial charge in [-0.05, 0) is 48.2 Å². The molecule has 12 nitrogen and oxygen atoms in total. The van der Waals surface area contributed by atoms with Crippen LogP contribution in [0.3, 0.4) is 0 Å². The molecule has 14 heteroatoms. The van der Waals surface area contributed by atoms with E-state index in [-0.39, 0.29) is 13.1 Å². The third-order valence-corrected chi connectivity index (χ3v) is 8.29. The van der Waals surface area contributed by atoms with Gasteiger partial charge in [0.2, 0.25) is 0 Å². The lowest BCUT2D eigenvalue weighted by Crippen LogP contribution is -2.28. The average Bonchev–Trinajstić information content (AvgIpc) is 3.80. The second kappa shape index (κ2) is 16.9. The van der Waals surface area contributed by atoms with Gasteiger partial charge in [0.15, 0.2) is 0 Å². The van der Waals surface area contributed by atoms with E-state index in [1.165, 1.54) is 36.9 Å². The fourth-order valence-electron chi connectivity index (χ4n) is 4.21. The number of benzene rings is 2. The van der Waals surface area contributed by atoms with Gasteiger partial charge in [-0.15, -0.1) is 22.7 Å². The van der Waals surface area contributed by atoms with Gasteiger partial charge in [-0.25, -0.2) is 19.2 Å². The number of alkyl carbamates (subject to hydrolysis) is 2. The van der Waals surface area contributed by atoms with Crippen molar-refractivity contribution >= 4 is 46.8 Å². The summed E-state index contributed by atoms with van der Waals surface area (Å²) in [5.41, 5.74) is 5.82. The molecule has 2 aromatic heterocycles. The first-order chi connectivity index (χ1) is 21.9. The standard InChI is InChI=1S/C31H32N4O8S2/c1-40-28(36)22-9-5-20(6-10-22)14-25(27-17-33-19-45-27)43-30(38)34-13-3-4-24(26-16-32-18-44-26)42-31(39)35-15-21-7-11-23(12-8-21)29(37)41-2/h5-12,16-19,24-25H,3-4,13-15H2,1-2H3,(H,34,38)(H,35,39). The van der Waals surface area contributed by atoms with Gasteiger partial charge in [0.1, 0.15) is 12.2 Å². The number of nitrogens with one attached hydrogen (secondary N) is 2. The molecule has 0 aliphatic heterocycles. The molecule has 0 saturated carbocycles. The predicted octanol–water partition coefficient (Wildman–Crippen LogP) is 5.63. The number of amides is 2. The summed E-state index contributed by atoms with van der Waals surface area (Å²) in [6.07, 6.45) is 2.30. The van der Waals surface area contributed by atoms with E-state index in [1.54, 1.807) is 71.9 Å². The van der Waals surface area contributed by atoms with Crippen molar-refractivity contribution in [2.75, 3.05) is 20.8 Å². The second-order valence-electron chi connectivity index (χ2n) is 9.60. The molecule has 2 amide bonds. The molecule has 0 radical (unpaired) electrons. The van der Waals surface area contributed by atoms with E-state index >= 15 is 0 Å². The number of rotatable bonds is 14. The van der Waals surface area contributed by atoms with Gasteiger partial charge in [0, 0.05) is 31.9 Å². The smallest absolute Gasteiger partial charge is 0.408 e. The van der Waals surface area contributed by atoms with Crippen LogP contribution < -0.4 is 10.6 Å². The monoisotopic (exact) mass is 652 g/mol. The first kappa shape index (κ1) is 33.1. The zero-order chi connectivity index (χ0) is 32.0. The molecule has 0 aliphatic rings. The Morgan fingerprint density at radius 3 is 1.76 bits per heavy atom. The Bertz CT molecular complexity index is 1530. The normalized spacial score (nSPS) is 12.0. The summed E-state index contributed by atoms with van der Waals surface area (Å²) in [5.74, 6) is -0.865. The van der Waals surface area contributed by atoms with Crippen molar-refractivity contribution in [3.8, 4) is 0 Å². The molecule has 2 unspecified atom stereocenters. The number of thiazole rings is 2. The molecule has 45 heavy (non-hydrogen) atoms. The molecular weight excluding hydrogens is 620 g/mol. The average molecular weight is 653 g/mol. The number of hydrogen-bond acceptors (Lipinski definition) is 12. The molecule has 2 aromatic carbocycles. The highest BCUT2D eigenvalue weighted by Crippen LogP contribution is 2.27. The van der Waals surface area contributed by atoms with Crippen LogP contribution in [-0.4, -0.2) is 54.9 Å². The molecular formula is C31H32N4O8S2. The van der Waals surface area contributed by atoms with Crippen molar-refractivity contribution in [1.29, 1.82) is 0 Å². The van der Waals surface area contributed by atoms with E-state index in [0.29, 0.717) is 30.4 Å². The molecule has 0 bridgehead atoms. The summed E-state index contributed by atoms with van der Waals surface area (Å²) in [6.45, 7) is 0.494. The SMILES string of the molecule is COC(=O)c1ccc(CNC(=O)OC(CCCNC(=O)OC(Cc2ccc(C(=O)OC)cc2)c2cncs2)c2cncs2)cc1. The second-order valence-corrected chi connectivity index (χ2v) is 11.4. The minimum atomic E-state index is -0.607. The van der Waals surface area contributed by atoms with Crippen LogP contribution in [0.1, 0.15) is 66.6 Å². The van der Waals surface area contributed by atoms with E-state index < -0.39 is 36.3 Å². The number of ether oxygens (including phenoxy) is 4. The fourth-order valence-corrected chi connectivity index (χ4v) is 5.54. The van der Waals surface area contributed by atoms with E-state index in [4.69, 9.17) is 18.9 Å². The van der Waals surface area contributed by atoms with Gasteiger partial charge >= 0.3 is 24.1 Å². The maximum atomic E-state index is 12.7. The Balaban J connectivity index is 1.25. The van der Waals surface area contributed by atoms with E-state index in [2.05, 4.69) is 20.6 Å². The molecule has 2 atom stereocenters. The Labute approximate surface area is 267 Å². The Morgan fingerprint density at radius 1 is 0.711 bits per heavy atom. The summed E-state index contributed by atoms with van der Waals surface area (Å²) in [4.78, 5) is 58.4. The van der Waals surface area contributed by atoms with Crippen LogP contribution in [0.4, 0.5) is 9.59 Å². The summed E-state index contributed by atoms with van der Waals surface area (Å²) in [7, 11) is 2.64. The number of methoxy groups -OCH3 is 2. The minimum Gasteiger partial charge on any atom is -0.465 e. The van der Waals surface area contributed by atoms with Crippen LogP contribution in [0.25, 0.3) is 0 Å². The van der Waals surface area contributed by atoms with Crippen LogP contribution in [-0.2, 0) is 31.9 Å². The fraction of sp³-hybridized carbons (Fsp3) is 0.290. The lowest BCUT2D eigenvalue weighted by atomic mass is 10.1. The molecule has 0 fully saturated rings. The van der Waals surface area contributed by atoms with Gasteiger partial charge in [-0.2, -0.15) is 0 Å². The zero-order valence-corrected chi connectivity index (χ0v) is 26.2. The number of nitrogens with zero attached hydrogens (tertiary/aromatic N) is 2. The molecule has 0 spiro atoms. The van der Waals surface area contributed by atoms with Crippen molar-refractivity contribution in [3.63, 3.8) is 0 Å². The van der Waals surface area contributed by atoms with Crippen molar-refractivity contribution in [1.82, 2.24) is 20.6 Å². The van der Waals surface area contributed by atoms with Crippen molar-refractivity contribution < 1.29 is 38.1 Å². The van der Waals surface area contributed by atoms with Crippen molar-refractivity contribution in [3.05, 3.63) is 104 Å². The molecule has 236 valence electrons. The molecule has 2 heterocycles. The number of aromatic nitrogens is 2. The maximum Gasteiger partial charge on any atom is 0.408 e. The summed E-state index contributed by atoms with van der Waals surface area (Å²) < 4.78 is 20.9. The highest BCUT2D eigenvalue weighted by atomic mass is 32.1. The Hall–Kier alpha value is -4.82. The Kier molecular flexibility index (Phi) is 12.4. The molecule has 4 aromatic rings. The molecule has 0 aliphatic carbocycles. The number of carbonyl (C=O) groups excluding carboxylic acids is 4. The van der Waals surface area contributed by atoms with E-state index in [0.717, 1.165) is 20.9 Å². The molecule has 4 rings (SSSR count). The summed E-state index contributed by atoms with van der Waals surface area (Å²) >= 11 is 2.74. The van der Waals surface area contributed by atoms with Crippen LogP contribution in [0, 0.1) is 0 Å². The van der Waals surface area contributed by atoms with Crippen LogP contribution >= 0.6 is 22.7 Å². The number of carbonyl (C=O) groups is 4. The lowest BCUT2D eigenvalue weighted by molar-refractivity contribution is 0.0592. The van der Waals surface area contributed by atoms with Crippen LogP contribution in [0.5, 0.6) is 0 Å². The van der Waals surface area contributed by atoms with E-state index in [9.17, 15) is 19.2 Å². The maximum absolute atomic E-state index is 12.7. The molecule has 2 N–H and O–H groups in total. The van der Waals surface area contributed by atoms with Gasteiger partial charge in [0.25, 0.3) is 0 Å². The van der Waals surface area contributed by atoms with Gasteiger partial charge in [-0.1, -0.05) is 24.3 Å². The predicted molar refractivity (Wildman–Crippen MR) is 166 cm³/mol. The van der Waals surface area contributed by atoms with E-state index in [1.807, 2.05) is 0 Å². The highest BCUT2D eigenvalue weighted by Gasteiger charge is 2.21. The Morgan fingerprint density at radius 2 is 1.22 bits per heavy atom. The lowest BCUT2D eigenvalue weighted by Gasteiger charge is -2.18. The zero-order valence-electron chi connectivity index (χ0n) is 24.6. The van der Waals surface area contributed by atoms with Gasteiger partial charge in [-0.3, -0.25) is 9.97 Å². The van der Waals surface area contributed by atoms with Crippen molar-refractivity contribution in [2.24, 2.45) is 0 Å². The van der Waals surface area contributed by atoms with Crippen LogP contribution in [0.15, 0.2) is 71.9 Å². The number of esters is 2. The topological polar surface area (TPSA) is 155 Å².